The Morgan fingerprint density at radius 1 is 0.292 bits per heavy atom. The highest BCUT2D eigenvalue weighted by molar-refractivity contribution is 7.47. The quantitative estimate of drug-likeness (QED) is 0.0222. The van der Waals surface area contributed by atoms with Crippen molar-refractivity contribution in [1.82, 2.24) is 0 Å². The molecule has 3 unspecified atom stereocenters. The minimum Gasteiger partial charge on any atom is -0.462 e. The Morgan fingerprint density at radius 2 is 0.500 bits per heavy atom. The van der Waals surface area contributed by atoms with Crippen molar-refractivity contribution >= 4 is 39.5 Å². The van der Waals surface area contributed by atoms with Crippen molar-refractivity contribution in [2.45, 2.75) is 425 Å². The first kappa shape index (κ1) is 94.1. The zero-order valence-corrected chi connectivity index (χ0v) is 64.3. The summed E-state index contributed by atoms with van der Waals surface area (Å²) in [5, 5.41) is 10.6. The standard InChI is InChI=1S/C77H150O17P2/c1-6-10-13-16-19-22-24-26-28-29-30-31-32-34-36-38-41-47-52-57-62-76(81)93-72(67-88-75(80)61-56-51-46-40-37-35-33-27-25-23-20-17-14-11-7-2)68-91-95(83,84)89-64-71(78)65-90-96(85,86)92-69-73(66-87-74(79)60-55-50-45-39-21-18-15-12-8-3)94-77(82)63-58-53-48-43-42-44-49-54-59-70(5)9-4/h70-73,78H,6-69H2,1-5H3,(H,83,84)(H,85,86)/t70?,71-,72-,73-/m1/s1. The van der Waals surface area contributed by atoms with Crippen LogP contribution in [-0.4, -0.2) is 96.7 Å². The number of carbonyl (C=O) groups excluding carboxylic acids is 4. The number of rotatable bonds is 77. The van der Waals surface area contributed by atoms with Gasteiger partial charge in [-0.2, -0.15) is 0 Å². The Labute approximate surface area is 588 Å². The van der Waals surface area contributed by atoms with E-state index in [9.17, 15) is 43.2 Å². The van der Waals surface area contributed by atoms with Crippen LogP contribution in [0.5, 0.6) is 0 Å². The lowest BCUT2D eigenvalue weighted by Crippen LogP contribution is -2.30. The topological polar surface area (TPSA) is 237 Å². The van der Waals surface area contributed by atoms with E-state index in [0.29, 0.717) is 25.7 Å². The van der Waals surface area contributed by atoms with Gasteiger partial charge in [-0.15, -0.1) is 0 Å². The lowest BCUT2D eigenvalue weighted by atomic mass is 9.99. The van der Waals surface area contributed by atoms with Gasteiger partial charge in [0.2, 0.25) is 0 Å². The van der Waals surface area contributed by atoms with Crippen LogP contribution in [0.2, 0.25) is 0 Å². The second-order valence-electron chi connectivity index (χ2n) is 28.0. The van der Waals surface area contributed by atoms with Crippen molar-refractivity contribution in [2.24, 2.45) is 5.92 Å². The molecule has 0 heterocycles. The molecule has 0 saturated heterocycles. The minimum absolute atomic E-state index is 0.105. The van der Waals surface area contributed by atoms with Crippen molar-refractivity contribution < 1.29 is 80.2 Å². The molecule has 96 heavy (non-hydrogen) atoms. The zero-order chi connectivity index (χ0) is 70.5. The van der Waals surface area contributed by atoms with E-state index in [1.54, 1.807) is 0 Å². The number of aliphatic hydroxyl groups excluding tert-OH is 1. The van der Waals surface area contributed by atoms with Gasteiger partial charge >= 0.3 is 39.5 Å². The Kier molecular flexibility index (Phi) is 68.7. The number of carbonyl (C=O) groups is 4. The van der Waals surface area contributed by atoms with Crippen molar-refractivity contribution in [2.75, 3.05) is 39.6 Å². The van der Waals surface area contributed by atoms with E-state index in [1.165, 1.54) is 231 Å². The number of hydrogen-bond donors (Lipinski definition) is 3. The van der Waals surface area contributed by atoms with Gasteiger partial charge in [0.1, 0.15) is 19.3 Å². The first-order chi connectivity index (χ1) is 46.6. The van der Waals surface area contributed by atoms with Gasteiger partial charge in [0.25, 0.3) is 0 Å². The maximum absolute atomic E-state index is 13.1. The Bertz CT molecular complexity index is 1840. The van der Waals surface area contributed by atoms with Crippen LogP contribution in [0.1, 0.15) is 407 Å². The van der Waals surface area contributed by atoms with Gasteiger partial charge in [0.05, 0.1) is 26.4 Å². The van der Waals surface area contributed by atoms with Gasteiger partial charge in [-0.1, -0.05) is 356 Å². The predicted molar refractivity (Wildman–Crippen MR) is 391 cm³/mol. The molecule has 0 aliphatic heterocycles. The molecule has 0 spiro atoms. The SMILES string of the molecule is CCCCCCCCCCCCCCCCCCCCCCC(=O)O[C@H](COC(=O)CCCCCCCCCCCCCCCCC)COP(=O)(O)OC[C@@H](O)COP(=O)(O)OC[C@@H](COC(=O)CCCCCCCCCCC)OC(=O)CCCCCCCCCCC(C)CC. The fourth-order valence-corrected chi connectivity index (χ4v) is 13.4. The number of aliphatic hydroxyl groups is 1. The molecular weight excluding hydrogens is 1260 g/mol. The van der Waals surface area contributed by atoms with E-state index >= 15 is 0 Å². The van der Waals surface area contributed by atoms with Gasteiger partial charge in [0, 0.05) is 25.7 Å². The Morgan fingerprint density at radius 3 is 0.740 bits per heavy atom. The van der Waals surface area contributed by atoms with E-state index in [2.05, 4.69) is 34.6 Å². The normalized spacial score (nSPS) is 14.2. The van der Waals surface area contributed by atoms with E-state index in [-0.39, 0.29) is 25.7 Å². The van der Waals surface area contributed by atoms with Gasteiger partial charge in [-0.05, 0) is 31.6 Å². The number of unbranched alkanes of at least 4 members (excludes halogenated alkanes) is 48. The molecule has 0 rings (SSSR count). The fraction of sp³-hybridized carbons (Fsp3) is 0.948. The smallest absolute Gasteiger partial charge is 0.462 e. The zero-order valence-electron chi connectivity index (χ0n) is 62.5. The van der Waals surface area contributed by atoms with Gasteiger partial charge < -0.3 is 33.8 Å². The molecular formula is C77H150O17P2. The molecule has 0 aliphatic rings. The molecule has 0 aromatic heterocycles. The second kappa shape index (κ2) is 70.1. The molecule has 0 radical (unpaired) electrons. The van der Waals surface area contributed by atoms with Crippen LogP contribution in [0.15, 0.2) is 0 Å². The highest BCUT2D eigenvalue weighted by Crippen LogP contribution is 2.45. The van der Waals surface area contributed by atoms with Crippen LogP contribution in [-0.2, 0) is 65.4 Å². The summed E-state index contributed by atoms with van der Waals surface area (Å²) in [4.78, 5) is 72.8. The summed E-state index contributed by atoms with van der Waals surface area (Å²) in [6, 6.07) is 0. The van der Waals surface area contributed by atoms with Crippen LogP contribution < -0.4 is 0 Å². The van der Waals surface area contributed by atoms with E-state index in [0.717, 1.165) is 95.8 Å². The maximum atomic E-state index is 13.1. The van der Waals surface area contributed by atoms with Crippen molar-refractivity contribution in [3.63, 3.8) is 0 Å². The number of hydrogen-bond acceptors (Lipinski definition) is 15. The first-order valence-electron chi connectivity index (χ1n) is 40.2. The van der Waals surface area contributed by atoms with Gasteiger partial charge in [-0.3, -0.25) is 37.3 Å². The summed E-state index contributed by atoms with van der Waals surface area (Å²) in [6.45, 7) is 7.28. The molecule has 0 bridgehead atoms. The summed E-state index contributed by atoms with van der Waals surface area (Å²) < 4.78 is 68.5. The van der Waals surface area contributed by atoms with Gasteiger partial charge in [-0.25, -0.2) is 9.13 Å². The van der Waals surface area contributed by atoms with Crippen LogP contribution in [0.3, 0.4) is 0 Å². The second-order valence-corrected chi connectivity index (χ2v) is 30.9. The van der Waals surface area contributed by atoms with E-state index in [4.69, 9.17) is 37.0 Å². The third kappa shape index (κ3) is 69.2. The lowest BCUT2D eigenvalue weighted by molar-refractivity contribution is -0.161. The number of phosphoric acid groups is 2. The summed E-state index contributed by atoms with van der Waals surface area (Å²) in [5.74, 6) is -1.34. The molecule has 3 N–H and O–H groups in total. The molecule has 17 nitrogen and oxygen atoms in total. The van der Waals surface area contributed by atoms with E-state index in [1.807, 2.05) is 0 Å². The summed E-state index contributed by atoms with van der Waals surface area (Å²) in [6.07, 6.45) is 59.7. The third-order valence-corrected chi connectivity index (χ3v) is 20.3. The summed E-state index contributed by atoms with van der Waals surface area (Å²) >= 11 is 0. The van der Waals surface area contributed by atoms with Crippen molar-refractivity contribution in [3.8, 4) is 0 Å². The number of phosphoric ester groups is 2. The van der Waals surface area contributed by atoms with Crippen molar-refractivity contribution in [1.29, 1.82) is 0 Å². The average Bonchev–Trinajstić information content (AvgIpc) is 1.47. The largest absolute Gasteiger partial charge is 0.472 e. The Hall–Kier alpha value is -1.94. The molecule has 0 amide bonds. The minimum atomic E-state index is -4.96. The van der Waals surface area contributed by atoms with Crippen LogP contribution in [0.4, 0.5) is 0 Å². The monoisotopic (exact) mass is 1410 g/mol. The highest BCUT2D eigenvalue weighted by atomic mass is 31.2. The number of esters is 4. The lowest BCUT2D eigenvalue weighted by Gasteiger charge is -2.21. The predicted octanol–water partition coefficient (Wildman–Crippen LogP) is 22.9. The molecule has 19 heteroatoms. The van der Waals surface area contributed by atoms with Crippen LogP contribution in [0.25, 0.3) is 0 Å². The highest BCUT2D eigenvalue weighted by Gasteiger charge is 2.30. The molecule has 0 aromatic rings. The molecule has 0 saturated carbocycles. The van der Waals surface area contributed by atoms with Crippen LogP contribution in [0, 0.1) is 5.92 Å². The molecule has 570 valence electrons. The average molecular weight is 1410 g/mol. The summed E-state index contributed by atoms with van der Waals surface area (Å²) in [5.41, 5.74) is 0. The maximum Gasteiger partial charge on any atom is 0.472 e. The number of ether oxygens (including phenoxy) is 4. The van der Waals surface area contributed by atoms with Gasteiger partial charge in [0.15, 0.2) is 12.2 Å². The molecule has 0 fully saturated rings. The fourth-order valence-electron chi connectivity index (χ4n) is 11.8. The van der Waals surface area contributed by atoms with Crippen molar-refractivity contribution in [3.05, 3.63) is 0 Å². The first-order valence-corrected chi connectivity index (χ1v) is 43.2. The Balaban J connectivity index is 5.21. The third-order valence-electron chi connectivity index (χ3n) is 18.4. The van der Waals surface area contributed by atoms with E-state index < -0.39 is 97.5 Å². The summed E-state index contributed by atoms with van der Waals surface area (Å²) in [7, 11) is -9.91. The molecule has 0 aliphatic carbocycles. The molecule has 6 atom stereocenters. The molecule has 0 aromatic carbocycles. The van der Waals surface area contributed by atoms with Crippen LogP contribution >= 0.6 is 15.6 Å².